The molecule has 2 saturated heterocycles. The molecule has 0 spiro atoms. The van der Waals surface area contributed by atoms with Crippen LogP contribution in [0.15, 0.2) is 60.7 Å². The number of alkyl carbamates (subject to hydrolysis) is 1. The van der Waals surface area contributed by atoms with Crippen LogP contribution in [0.3, 0.4) is 0 Å². The third kappa shape index (κ3) is 12.5. The van der Waals surface area contributed by atoms with Crippen molar-refractivity contribution >= 4 is 24.0 Å². The van der Waals surface area contributed by atoms with Crippen LogP contribution in [0.25, 0.3) is 0 Å². The van der Waals surface area contributed by atoms with Crippen LogP contribution in [0.4, 0.5) is 4.79 Å². The SMILES string of the molecule is CC[C@H]1OC(=O)[C@@H]2C([C@@H](C)CN(C)[C@H](C)[C@@H](O)[C@]1(C)O)[C@@](C)(O)[C@H](O[C@@H]1O[C@H](C)C[C@H](N(C)C)[C@H]1OC(=O)CC[C@@H](NC(=O)OCc1ccccc1)C(=O)OCc1ccccc1)[C@@H](C)[C@@H]2O. The molecule has 0 bridgehead atoms. The number of fused-ring (bicyclic) bond motifs is 1. The van der Waals surface area contributed by atoms with E-state index in [-0.39, 0.29) is 39.0 Å². The Morgan fingerprint density at radius 3 is 2.09 bits per heavy atom. The van der Waals surface area contributed by atoms with Gasteiger partial charge in [-0.25, -0.2) is 9.59 Å². The predicted molar refractivity (Wildman–Crippen MR) is 241 cm³/mol. The fraction of sp³-hybridized carbons (Fsp3) is 0.673. The van der Waals surface area contributed by atoms with Gasteiger partial charge in [0.2, 0.25) is 0 Å². The van der Waals surface area contributed by atoms with Gasteiger partial charge < -0.3 is 64.0 Å². The first-order valence-electron chi connectivity index (χ1n) is 23.1. The lowest BCUT2D eigenvalue weighted by Gasteiger charge is -2.55. The highest BCUT2D eigenvalue weighted by Gasteiger charge is 2.62. The maximum absolute atomic E-state index is 14.2. The van der Waals surface area contributed by atoms with Gasteiger partial charge in [-0.3, -0.25) is 9.59 Å². The molecule has 3 aliphatic rings. The minimum atomic E-state index is -1.83. The lowest BCUT2D eigenvalue weighted by molar-refractivity contribution is -0.320. The molecule has 2 aliphatic heterocycles. The second-order valence-electron chi connectivity index (χ2n) is 19.3. The Morgan fingerprint density at radius 1 is 0.924 bits per heavy atom. The van der Waals surface area contributed by atoms with Crippen LogP contribution in [0.1, 0.15) is 85.3 Å². The zero-order valence-corrected chi connectivity index (χ0v) is 40.1. The van der Waals surface area contributed by atoms with E-state index in [0.29, 0.717) is 6.42 Å². The molecule has 17 heteroatoms. The number of carbonyl (C=O) groups is 4. The lowest BCUT2D eigenvalue weighted by Crippen LogP contribution is -2.68. The van der Waals surface area contributed by atoms with E-state index < -0.39 is 120 Å². The molecule has 17 nitrogen and oxygen atoms in total. The highest BCUT2D eigenvalue weighted by atomic mass is 16.7. The molecule has 1 unspecified atom stereocenters. The number of amides is 1. The molecule has 5 N–H and O–H groups in total. The monoisotopic (exact) mass is 928 g/mol. The van der Waals surface area contributed by atoms with E-state index in [1.54, 1.807) is 83.3 Å². The van der Waals surface area contributed by atoms with Gasteiger partial charge in [-0.1, -0.05) is 81.4 Å². The number of aliphatic hydroxyl groups excluding tert-OH is 2. The molecule has 0 radical (unpaired) electrons. The first kappa shape index (κ1) is 52.8. The largest absolute Gasteiger partial charge is 0.459 e. The minimum absolute atomic E-state index is 0.0508. The molecule has 5 rings (SSSR count). The summed E-state index contributed by atoms with van der Waals surface area (Å²) in [6.07, 6.45) is -8.58. The van der Waals surface area contributed by atoms with E-state index in [1.165, 1.54) is 6.92 Å². The minimum Gasteiger partial charge on any atom is -0.459 e. The van der Waals surface area contributed by atoms with E-state index in [0.717, 1.165) is 11.1 Å². The normalized spacial score (nSPS) is 35.9. The van der Waals surface area contributed by atoms with Crippen molar-refractivity contribution in [3.63, 3.8) is 0 Å². The molecule has 1 aliphatic carbocycles. The number of ether oxygens (including phenoxy) is 6. The number of aliphatic hydroxyl groups is 4. The average molecular weight is 928 g/mol. The Balaban J connectivity index is 1.37. The molecule has 2 heterocycles. The molecule has 0 aromatic heterocycles. The third-order valence-corrected chi connectivity index (χ3v) is 14.0. The Morgan fingerprint density at radius 2 is 1.52 bits per heavy atom. The van der Waals surface area contributed by atoms with Gasteiger partial charge in [-0.2, -0.15) is 0 Å². The first-order chi connectivity index (χ1) is 31.1. The van der Waals surface area contributed by atoms with E-state index in [9.17, 15) is 39.6 Å². The van der Waals surface area contributed by atoms with Crippen molar-refractivity contribution < 1.29 is 68.0 Å². The number of cyclic esters (lactones) is 1. The number of rotatable bonds is 14. The first-order valence-corrected chi connectivity index (χ1v) is 23.1. The van der Waals surface area contributed by atoms with Crippen molar-refractivity contribution in [3.8, 4) is 0 Å². The van der Waals surface area contributed by atoms with Crippen molar-refractivity contribution in [2.45, 2.75) is 160 Å². The lowest BCUT2D eigenvalue weighted by atomic mass is 9.59. The van der Waals surface area contributed by atoms with Crippen molar-refractivity contribution in [3.05, 3.63) is 71.8 Å². The Kier molecular flexibility index (Phi) is 18.2. The van der Waals surface area contributed by atoms with Crippen LogP contribution in [-0.2, 0) is 56.0 Å². The van der Waals surface area contributed by atoms with Crippen molar-refractivity contribution in [1.82, 2.24) is 15.1 Å². The van der Waals surface area contributed by atoms with E-state index in [4.69, 9.17) is 28.4 Å². The van der Waals surface area contributed by atoms with Gasteiger partial charge in [-0.05, 0) is 85.1 Å². The van der Waals surface area contributed by atoms with Crippen molar-refractivity contribution in [2.75, 3.05) is 27.7 Å². The summed E-state index contributed by atoms with van der Waals surface area (Å²) < 4.78 is 36.2. The fourth-order valence-corrected chi connectivity index (χ4v) is 10.1. The van der Waals surface area contributed by atoms with E-state index >= 15 is 0 Å². The molecule has 368 valence electrons. The Labute approximate surface area is 389 Å². The van der Waals surface area contributed by atoms with Crippen LogP contribution in [0, 0.1) is 23.7 Å². The van der Waals surface area contributed by atoms with Gasteiger partial charge in [0.25, 0.3) is 0 Å². The molecule has 16 atom stereocenters. The standard InChI is InChI=1S/C49H73N3O14/c1-11-36-48(6,59)42(55)31(5)52(10)25-28(2)39-38(45(57)64-36)40(54)30(4)43(49(39,7)60)66-46-41(35(51(8)9)24-29(3)63-46)65-37(53)23-22-34(44(56)61-26-32-18-14-12-15-19-32)50-47(58)62-27-33-20-16-13-17-21-33/h12-21,28-31,34-36,38-43,46,54-55,59-60H,11,22-27H2,1-10H3,(H,50,58)/t28-,29+,30-,31+,34+,35-,36+,38+,39?,40-,41+,42+,43+,46-,48+,49+/m0/s1. The molecular formula is C49H73N3O14. The average Bonchev–Trinajstić information content (AvgIpc) is 3.28. The fourth-order valence-electron chi connectivity index (χ4n) is 10.1. The van der Waals surface area contributed by atoms with Crippen LogP contribution in [0.2, 0.25) is 0 Å². The summed E-state index contributed by atoms with van der Waals surface area (Å²) in [7, 11) is 5.43. The maximum atomic E-state index is 14.2. The highest BCUT2D eigenvalue weighted by molar-refractivity contribution is 5.82. The van der Waals surface area contributed by atoms with Crippen LogP contribution in [0.5, 0.6) is 0 Å². The summed E-state index contributed by atoms with van der Waals surface area (Å²) in [6.45, 7) is 11.9. The van der Waals surface area contributed by atoms with Gasteiger partial charge in [0.1, 0.15) is 37.1 Å². The zero-order valence-electron chi connectivity index (χ0n) is 40.1. The summed E-state index contributed by atoms with van der Waals surface area (Å²) in [5.74, 6) is -5.95. The van der Waals surface area contributed by atoms with Crippen LogP contribution >= 0.6 is 0 Å². The van der Waals surface area contributed by atoms with Gasteiger partial charge in [0.15, 0.2) is 12.4 Å². The molecule has 2 aromatic rings. The summed E-state index contributed by atoms with van der Waals surface area (Å²) in [6, 6.07) is 15.7. The number of carbonyl (C=O) groups excluding carboxylic acids is 4. The number of nitrogens with zero attached hydrogens (tertiary/aromatic N) is 2. The van der Waals surface area contributed by atoms with Crippen molar-refractivity contribution in [1.29, 1.82) is 0 Å². The summed E-state index contributed by atoms with van der Waals surface area (Å²) in [5.41, 5.74) is -2.20. The molecular weight excluding hydrogens is 855 g/mol. The number of benzene rings is 2. The second-order valence-corrected chi connectivity index (χ2v) is 19.3. The zero-order chi connectivity index (χ0) is 48.7. The molecule has 2 aromatic carbocycles. The van der Waals surface area contributed by atoms with Gasteiger partial charge in [-0.15, -0.1) is 0 Å². The van der Waals surface area contributed by atoms with Gasteiger partial charge in [0, 0.05) is 30.8 Å². The van der Waals surface area contributed by atoms with E-state index in [2.05, 4.69) is 5.32 Å². The van der Waals surface area contributed by atoms with Crippen molar-refractivity contribution in [2.24, 2.45) is 23.7 Å². The predicted octanol–water partition coefficient (Wildman–Crippen LogP) is 3.56. The molecule has 66 heavy (non-hydrogen) atoms. The molecule has 3 fully saturated rings. The number of likely N-dealkylation sites (N-methyl/N-ethyl adjacent to an activating group) is 2. The Bertz CT molecular complexity index is 1900. The summed E-state index contributed by atoms with van der Waals surface area (Å²) in [5, 5.41) is 50.3. The Hall–Kier alpha value is -4.20. The second kappa shape index (κ2) is 22.7. The third-order valence-electron chi connectivity index (χ3n) is 14.0. The maximum Gasteiger partial charge on any atom is 0.408 e. The number of esters is 3. The smallest absolute Gasteiger partial charge is 0.408 e. The number of hydrogen-bond acceptors (Lipinski definition) is 16. The van der Waals surface area contributed by atoms with Crippen LogP contribution in [-0.4, -0.2) is 154 Å². The number of hydrogen-bond donors (Lipinski definition) is 5. The quantitative estimate of drug-likeness (QED) is 0.135. The summed E-state index contributed by atoms with van der Waals surface area (Å²) in [4.78, 5) is 58.3. The molecule has 1 amide bonds. The number of nitrogens with one attached hydrogen (secondary N) is 1. The summed E-state index contributed by atoms with van der Waals surface area (Å²) >= 11 is 0. The van der Waals surface area contributed by atoms with Gasteiger partial charge >= 0.3 is 24.0 Å². The van der Waals surface area contributed by atoms with E-state index in [1.807, 2.05) is 49.9 Å². The highest BCUT2D eigenvalue weighted by Crippen LogP contribution is 2.49. The molecule has 1 saturated carbocycles. The van der Waals surface area contributed by atoms with Crippen LogP contribution < -0.4 is 5.32 Å². The van der Waals surface area contributed by atoms with Gasteiger partial charge in [0.05, 0.1) is 35.9 Å². The topological polar surface area (TPSA) is 223 Å².